The van der Waals surface area contributed by atoms with Crippen molar-refractivity contribution in [3.8, 4) is 0 Å². The number of rotatable bonds is 6. The molecule has 0 radical (unpaired) electrons. The van der Waals surface area contributed by atoms with Crippen LogP contribution >= 0.6 is 11.3 Å². The van der Waals surface area contributed by atoms with Gasteiger partial charge in [0.05, 0.1) is 12.1 Å². The fourth-order valence-electron chi connectivity index (χ4n) is 2.68. The second-order valence-electron chi connectivity index (χ2n) is 5.97. The number of nitrogens with one attached hydrogen (secondary N) is 2. The third-order valence-electron chi connectivity index (χ3n) is 4.10. The molecule has 5 heteroatoms. The highest BCUT2D eigenvalue weighted by atomic mass is 32.1. The fourth-order valence-corrected chi connectivity index (χ4v) is 3.46. The summed E-state index contributed by atoms with van der Waals surface area (Å²) in [5.41, 5.74) is 0.777. The monoisotopic (exact) mass is 309 g/mol. The Bertz CT molecular complexity index is 438. The van der Waals surface area contributed by atoms with Crippen molar-refractivity contribution in [3.63, 3.8) is 0 Å². The molecule has 0 aromatic carbocycles. The fraction of sp³-hybridized carbons (Fsp3) is 0.688. The number of aliphatic hydroxyl groups is 1. The molecule has 1 aromatic heterocycles. The van der Waals surface area contributed by atoms with Gasteiger partial charge in [-0.15, -0.1) is 0 Å². The Morgan fingerprint density at radius 3 is 2.81 bits per heavy atom. The van der Waals surface area contributed by atoms with Crippen molar-refractivity contribution in [2.24, 2.45) is 4.99 Å². The number of aliphatic imine (C=N–C) groups is 1. The molecule has 1 atom stereocenters. The molecule has 3 N–H and O–H groups in total. The molecule has 1 aliphatic rings. The summed E-state index contributed by atoms with van der Waals surface area (Å²) in [5.74, 6) is 1.26. The molecule has 0 aliphatic heterocycles. The second-order valence-corrected chi connectivity index (χ2v) is 6.75. The number of hydrogen-bond donors (Lipinski definition) is 3. The minimum Gasteiger partial charge on any atom is -0.388 e. The Morgan fingerprint density at radius 2 is 2.19 bits per heavy atom. The van der Waals surface area contributed by atoms with E-state index in [1.807, 2.05) is 0 Å². The van der Waals surface area contributed by atoms with Crippen molar-refractivity contribution in [1.82, 2.24) is 10.6 Å². The summed E-state index contributed by atoms with van der Waals surface area (Å²) >= 11 is 1.73. The lowest BCUT2D eigenvalue weighted by molar-refractivity contribution is 0.0574. The predicted octanol–water partition coefficient (Wildman–Crippen LogP) is 2.71. The van der Waals surface area contributed by atoms with Crippen LogP contribution in [0.4, 0.5) is 0 Å². The summed E-state index contributed by atoms with van der Waals surface area (Å²) in [6.45, 7) is 6.44. The second kappa shape index (κ2) is 7.80. The van der Waals surface area contributed by atoms with Gasteiger partial charge < -0.3 is 15.7 Å². The van der Waals surface area contributed by atoms with E-state index in [2.05, 4.69) is 46.3 Å². The highest BCUT2D eigenvalue weighted by Gasteiger charge is 2.30. The lowest BCUT2D eigenvalue weighted by atomic mass is 10.0. The van der Waals surface area contributed by atoms with Crippen molar-refractivity contribution < 1.29 is 5.11 Å². The highest BCUT2D eigenvalue weighted by molar-refractivity contribution is 7.07. The molecule has 118 valence electrons. The van der Waals surface area contributed by atoms with E-state index in [9.17, 15) is 5.11 Å². The molecule has 0 bridgehead atoms. The number of guanidine groups is 1. The Labute approximate surface area is 131 Å². The zero-order valence-corrected chi connectivity index (χ0v) is 13.9. The van der Waals surface area contributed by atoms with Crippen LogP contribution in [0, 0.1) is 0 Å². The molecule has 4 nitrogen and oxygen atoms in total. The average Bonchev–Trinajstić information content (AvgIpc) is 3.13. The zero-order chi connectivity index (χ0) is 15.1. The van der Waals surface area contributed by atoms with Gasteiger partial charge in [-0.05, 0) is 48.1 Å². The van der Waals surface area contributed by atoms with Crippen molar-refractivity contribution in [1.29, 1.82) is 0 Å². The molecule has 0 amide bonds. The Balaban J connectivity index is 1.86. The summed E-state index contributed by atoms with van der Waals surface area (Å²) in [7, 11) is 0. The van der Waals surface area contributed by atoms with E-state index in [1.165, 1.54) is 5.56 Å². The smallest absolute Gasteiger partial charge is 0.191 e. The van der Waals surface area contributed by atoms with Crippen molar-refractivity contribution in [2.45, 2.75) is 51.0 Å². The van der Waals surface area contributed by atoms with E-state index in [4.69, 9.17) is 0 Å². The normalized spacial score (nSPS) is 19.5. The Morgan fingerprint density at radius 1 is 1.43 bits per heavy atom. The van der Waals surface area contributed by atoms with E-state index in [0.717, 1.165) is 44.7 Å². The molecular formula is C16H27N3OS. The lowest BCUT2D eigenvalue weighted by Gasteiger charge is -2.21. The summed E-state index contributed by atoms with van der Waals surface area (Å²) in [6, 6.07) is 2.17. The highest BCUT2D eigenvalue weighted by Crippen LogP contribution is 2.29. The van der Waals surface area contributed by atoms with Crippen molar-refractivity contribution >= 4 is 17.3 Å². The first kappa shape index (κ1) is 16.3. The first-order valence-electron chi connectivity index (χ1n) is 7.89. The van der Waals surface area contributed by atoms with E-state index in [1.54, 1.807) is 11.3 Å². The molecule has 1 unspecified atom stereocenters. The number of hydrogen-bond acceptors (Lipinski definition) is 3. The first-order chi connectivity index (χ1) is 10.1. The molecule has 0 spiro atoms. The van der Waals surface area contributed by atoms with Crippen LogP contribution in [-0.2, 0) is 0 Å². The van der Waals surface area contributed by atoms with Crippen LogP contribution in [0.25, 0.3) is 0 Å². The maximum atomic E-state index is 10.4. The maximum Gasteiger partial charge on any atom is 0.191 e. The van der Waals surface area contributed by atoms with Gasteiger partial charge in [0.1, 0.15) is 0 Å². The van der Waals surface area contributed by atoms with Crippen LogP contribution in [0.15, 0.2) is 21.8 Å². The van der Waals surface area contributed by atoms with E-state index >= 15 is 0 Å². The predicted molar refractivity (Wildman–Crippen MR) is 90.1 cm³/mol. The van der Waals surface area contributed by atoms with Crippen LogP contribution < -0.4 is 10.6 Å². The minimum atomic E-state index is -0.582. The molecule has 2 rings (SSSR count). The van der Waals surface area contributed by atoms with Gasteiger partial charge in [-0.1, -0.05) is 19.8 Å². The van der Waals surface area contributed by atoms with Gasteiger partial charge in [-0.25, -0.2) is 0 Å². The standard InChI is InChI=1S/C16H27N3OS/c1-3-17-15(19-12-16(20)7-4-5-8-16)18-10-13(2)14-6-9-21-11-14/h6,9,11,13,20H,3-5,7-8,10,12H2,1-2H3,(H2,17,18,19). The topological polar surface area (TPSA) is 56.7 Å². The van der Waals surface area contributed by atoms with Crippen LogP contribution in [0.2, 0.25) is 0 Å². The summed E-state index contributed by atoms with van der Waals surface area (Å²) in [6.07, 6.45) is 3.98. The summed E-state index contributed by atoms with van der Waals surface area (Å²) in [5, 5.41) is 21.3. The molecular weight excluding hydrogens is 282 g/mol. The summed E-state index contributed by atoms with van der Waals surface area (Å²) < 4.78 is 0. The van der Waals surface area contributed by atoms with Gasteiger partial charge in [0.15, 0.2) is 5.96 Å². The van der Waals surface area contributed by atoms with Crippen molar-refractivity contribution in [3.05, 3.63) is 22.4 Å². The SMILES string of the molecule is CCNC(=NCC1(O)CCCC1)NCC(C)c1ccsc1. The Hall–Kier alpha value is -1.07. The molecule has 1 aliphatic carbocycles. The van der Waals surface area contributed by atoms with Gasteiger partial charge in [0, 0.05) is 13.1 Å². The number of thiophene rings is 1. The quantitative estimate of drug-likeness (QED) is 0.559. The van der Waals surface area contributed by atoms with Gasteiger partial charge in [-0.2, -0.15) is 11.3 Å². The van der Waals surface area contributed by atoms with Gasteiger partial charge >= 0.3 is 0 Å². The zero-order valence-electron chi connectivity index (χ0n) is 13.1. The van der Waals surface area contributed by atoms with Crippen LogP contribution in [0.1, 0.15) is 51.0 Å². The third-order valence-corrected chi connectivity index (χ3v) is 4.80. The molecule has 1 aromatic rings. The van der Waals surface area contributed by atoms with E-state index in [-0.39, 0.29) is 0 Å². The molecule has 21 heavy (non-hydrogen) atoms. The van der Waals surface area contributed by atoms with Crippen LogP contribution in [0.5, 0.6) is 0 Å². The van der Waals surface area contributed by atoms with Crippen LogP contribution in [-0.4, -0.2) is 36.3 Å². The third kappa shape index (κ3) is 5.00. The maximum absolute atomic E-state index is 10.4. The largest absolute Gasteiger partial charge is 0.388 e. The van der Waals surface area contributed by atoms with E-state index in [0.29, 0.717) is 12.5 Å². The Kier molecular flexibility index (Phi) is 6.06. The van der Waals surface area contributed by atoms with Gasteiger partial charge in [0.2, 0.25) is 0 Å². The van der Waals surface area contributed by atoms with Crippen LogP contribution in [0.3, 0.4) is 0 Å². The molecule has 1 fully saturated rings. The minimum absolute atomic E-state index is 0.453. The molecule has 1 saturated carbocycles. The molecule has 1 heterocycles. The lowest BCUT2D eigenvalue weighted by Crippen LogP contribution is -2.40. The molecule has 0 saturated heterocycles. The van der Waals surface area contributed by atoms with E-state index < -0.39 is 5.60 Å². The van der Waals surface area contributed by atoms with Crippen molar-refractivity contribution in [2.75, 3.05) is 19.6 Å². The summed E-state index contributed by atoms with van der Waals surface area (Å²) in [4.78, 5) is 4.57. The van der Waals surface area contributed by atoms with Gasteiger partial charge in [0.25, 0.3) is 0 Å². The van der Waals surface area contributed by atoms with Gasteiger partial charge in [-0.3, -0.25) is 4.99 Å². The first-order valence-corrected chi connectivity index (χ1v) is 8.84. The average molecular weight is 309 g/mol. The number of nitrogens with zero attached hydrogens (tertiary/aromatic N) is 1.